The molecule has 0 aliphatic rings. The maximum absolute atomic E-state index is 8.55. The Hall–Kier alpha value is -1.47. The number of thioether (sulfide) groups is 1. The zero-order valence-corrected chi connectivity index (χ0v) is 10.5. The molecule has 0 spiro atoms. The fourth-order valence-electron chi connectivity index (χ4n) is 1.48. The molecule has 0 radical (unpaired) electrons. The first kappa shape index (κ1) is 12.6. The minimum Gasteiger partial charge on any atom is -0.272 e. The zero-order valence-electron chi connectivity index (χ0n) is 9.69. The van der Waals surface area contributed by atoms with E-state index in [9.17, 15) is 0 Å². The van der Waals surface area contributed by atoms with Gasteiger partial charge in [-0.25, -0.2) is 0 Å². The smallest absolute Gasteiger partial charge is 0.183 e. The first-order valence-corrected chi connectivity index (χ1v) is 6.24. The highest BCUT2D eigenvalue weighted by molar-refractivity contribution is 8.13. The van der Waals surface area contributed by atoms with Crippen molar-refractivity contribution in [2.45, 2.75) is 19.9 Å². The van der Waals surface area contributed by atoms with Crippen LogP contribution in [0.4, 0.5) is 0 Å². The Kier molecular flexibility index (Phi) is 4.87. The summed E-state index contributed by atoms with van der Waals surface area (Å²) in [5, 5.41) is 11.8. The second kappa shape index (κ2) is 6.19. The number of nitrogens with zero attached hydrogens (tertiary/aromatic N) is 2. The molecule has 1 unspecified atom stereocenters. The van der Waals surface area contributed by atoms with Gasteiger partial charge in [-0.15, -0.1) is 0 Å². The molecule has 3 nitrogen and oxygen atoms in total. The summed E-state index contributed by atoms with van der Waals surface area (Å²) < 4.78 is 0. The monoisotopic (exact) mass is 233 g/mol. The van der Waals surface area contributed by atoms with Gasteiger partial charge in [-0.1, -0.05) is 36.0 Å². The van der Waals surface area contributed by atoms with Crippen LogP contribution in [0.1, 0.15) is 24.1 Å². The maximum atomic E-state index is 8.55. The van der Waals surface area contributed by atoms with E-state index in [0.29, 0.717) is 5.17 Å². The first-order chi connectivity index (χ1) is 7.69. The second-order valence-electron chi connectivity index (χ2n) is 3.41. The van der Waals surface area contributed by atoms with E-state index in [1.165, 1.54) is 22.9 Å². The molecule has 84 valence electrons. The summed E-state index contributed by atoms with van der Waals surface area (Å²) in [6.07, 6.45) is 3.79. The van der Waals surface area contributed by atoms with Crippen LogP contribution >= 0.6 is 11.8 Å². The Morgan fingerprint density at radius 3 is 2.75 bits per heavy atom. The van der Waals surface area contributed by atoms with Gasteiger partial charge in [0.25, 0.3) is 0 Å². The van der Waals surface area contributed by atoms with E-state index in [0.717, 1.165) is 0 Å². The van der Waals surface area contributed by atoms with Crippen LogP contribution in [0, 0.1) is 18.4 Å². The summed E-state index contributed by atoms with van der Waals surface area (Å²) in [6, 6.07) is 8.21. The van der Waals surface area contributed by atoms with Crippen LogP contribution in [0.25, 0.3) is 0 Å². The summed E-state index contributed by atoms with van der Waals surface area (Å²) in [7, 11) is 0. The number of hydrogen-bond donors (Lipinski definition) is 1. The predicted octanol–water partition coefficient (Wildman–Crippen LogP) is 2.85. The molecule has 1 aromatic carbocycles. The number of hydrogen-bond acceptors (Lipinski definition) is 3. The average Bonchev–Trinajstić information content (AvgIpc) is 2.28. The molecule has 1 atom stereocenters. The Morgan fingerprint density at radius 1 is 1.50 bits per heavy atom. The fourth-order valence-corrected chi connectivity index (χ4v) is 1.90. The Bertz CT molecular complexity index is 421. The van der Waals surface area contributed by atoms with Crippen LogP contribution < -0.4 is 5.32 Å². The molecule has 0 heterocycles. The van der Waals surface area contributed by atoms with Gasteiger partial charge in [0.2, 0.25) is 0 Å². The molecule has 0 saturated carbocycles. The third-order valence-corrected chi connectivity index (χ3v) is 2.90. The van der Waals surface area contributed by atoms with Gasteiger partial charge < -0.3 is 0 Å². The number of amidine groups is 1. The van der Waals surface area contributed by atoms with Gasteiger partial charge in [0, 0.05) is 0 Å². The van der Waals surface area contributed by atoms with Gasteiger partial charge in [-0.3, -0.25) is 10.3 Å². The van der Waals surface area contributed by atoms with E-state index >= 15 is 0 Å². The number of nitriles is 1. The summed E-state index contributed by atoms with van der Waals surface area (Å²) in [5.41, 5.74) is 2.41. The van der Waals surface area contributed by atoms with Crippen molar-refractivity contribution in [3.63, 3.8) is 0 Å². The lowest BCUT2D eigenvalue weighted by Gasteiger charge is -2.11. The topological polar surface area (TPSA) is 48.2 Å². The van der Waals surface area contributed by atoms with Crippen molar-refractivity contribution in [1.82, 2.24) is 5.32 Å². The molecule has 0 amide bonds. The maximum Gasteiger partial charge on any atom is 0.183 e. The van der Waals surface area contributed by atoms with Crippen molar-refractivity contribution in [3.05, 3.63) is 35.4 Å². The molecule has 1 rings (SSSR count). The Balaban J connectivity index is 2.90. The summed E-state index contributed by atoms with van der Waals surface area (Å²) in [5.74, 6) is 0. The quantitative estimate of drug-likeness (QED) is 0.370. The van der Waals surface area contributed by atoms with Crippen molar-refractivity contribution >= 4 is 16.9 Å². The van der Waals surface area contributed by atoms with Crippen LogP contribution in [0.15, 0.2) is 29.3 Å². The van der Waals surface area contributed by atoms with Gasteiger partial charge in [0.15, 0.2) is 11.4 Å². The molecule has 1 aromatic rings. The number of aliphatic imine (C=N–C) groups is 1. The molecule has 0 saturated heterocycles. The van der Waals surface area contributed by atoms with Crippen LogP contribution in [0.2, 0.25) is 0 Å². The van der Waals surface area contributed by atoms with E-state index in [-0.39, 0.29) is 6.04 Å². The fraction of sp³-hybridized carbons (Fsp3) is 0.333. The van der Waals surface area contributed by atoms with E-state index in [2.05, 4.69) is 29.4 Å². The largest absolute Gasteiger partial charge is 0.272 e. The van der Waals surface area contributed by atoms with Crippen LogP contribution in [-0.4, -0.2) is 11.4 Å². The van der Waals surface area contributed by atoms with Gasteiger partial charge in [0.05, 0.1) is 6.04 Å². The molecule has 16 heavy (non-hydrogen) atoms. The number of nitrogens with one attached hydrogen (secondary N) is 1. The Labute approximate surface area is 101 Å². The van der Waals surface area contributed by atoms with Gasteiger partial charge in [-0.2, -0.15) is 5.26 Å². The minimum absolute atomic E-state index is 0.0597. The molecule has 0 bridgehead atoms. The lowest BCUT2D eigenvalue weighted by atomic mass is 10.0. The summed E-state index contributed by atoms with van der Waals surface area (Å²) in [4.78, 5) is 4.46. The van der Waals surface area contributed by atoms with Crippen molar-refractivity contribution in [3.8, 4) is 6.19 Å². The lowest BCUT2D eigenvalue weighted by molar-refractivity contribution is 0.810. The summed E-state index contributed by atoms with van der Waals surface area (Å²) in [6.45, 7) is 4.09. The van der Waals surface area contributed by atoms with Crippen LogP contribution in [0.5, 0.6) is 0 Å². The van der Waals surface area contributed by atoms with E-state index in [1.54, 1.807) is 0 Å². The average molecular weight is 233 g/mol. The molecule has 0 fully saturated rings. The molecule has 0 aliphatic carbocycles. The number of aryl methyl sites for hydroxylation is 1. The molecule has 1 N–H and O–H groups in total. The molecule has 0 aromatic heterocycles. The highest BCUT2D eigenvalue weighted by Crippen LogP contribution is 2.21. The second-order valence-corrected chi connectivity index (χ2v) is 4.20. The number of benzene rings is 1. The van der Waals surface area contributed by atoms with Gasteiger partial charge in [-0.05, 0) is 31.2 Å². The molecular weight excluding hydrogens is 218 g/mol. The molecular formula is C12H15N3S. The van der Waals surface area contributed by atoms with Gasteiger partial charge in [0.1, 0.15) is 0 Å². The van der Waals surface area contributed by atoms with Crippen LogP contribution in [-0.2, 0) is 0 Å². The van der Waals surface area contributed by atoms with Crippen LogP contribution in [0.3, 0.4) is 0 Å². The highest BCUT2D eigenvalue weighted by atomic mass is 32.2. The first-order valence-electron chi connectivity index (χ1n) is 5.01. The van der Waals surface area contributed by atoms with Crippen molar-refractivity contribution in [1.29, 1.82) is 5.26 Å². The van der Waals surface area contributed by atoms with Crippen molar-refractivity contribution < 1.29 is 0 Å². The van der Waals surface area contributed by atoms with Gasteiger partial charge >= 0.3 is 0 Å². The predicted molar refractivity (Wildman–Crippen MR) is 69.3 cm³/mol. The highest BCUT2D eigenvalue weighted by Gasteiger charge is 2.07. The third kappa shape index (κ3) is 3.28. The number of rotatable bonds is 2. The standard InChI is InChI=1S/C12H15N3S/c1-9-6-4-5-7-11(9)10(2)15-12(16-3)14-8-13/h4-7,10H,1-3H3,(H,14,15). The summed E-state index contributed by atoms with van der Waals surface area (Å²) >= 11 is 1.44. The van der Waals surface area contributed by atoms with E-state index in [4.69, 9.17) is 5.26 Å². The third-order valence-electron chi connectivity index (χ3n) is 2.31. The van der Waals surface area contributed by atoms with Crippen molar-refractivity contribution in [2.24, 2.45) is 4.99 Å². The molecule has 4 heteroatoms. The molecule has 0 aliphatic heterocycles. The minimum atomic E-state index is 0.0597. The van der Waals surface area contributed by atoms with E-state index in [1.807, 2.05) is 31.5 Å². The Morgan fingerprint density at radius 2 is 2.19 bits per heavy atom. The lowest BCUT2D eigenvalue weighted by Crippen LogP contribution is -2.14. The van der Waals surface area contributed by atoms with Crippen molar-refractivity contribution in [2.75, 3.05) is 6.26 Å². The van der Waals surface area contributed by atoms with E-state index < -0.39 is 0 Å². The normalized spacial score (nSPS) is 13.0. The SMILES string of the molecule is CSC(=NC(C)c1ccccc1C)NC#N. The zero-order chi connectivity index (χ0) is 12.0.